The van der Waals surface area contributed by atoms with Crippen molar-refractivity contribution in [2.45, 2.75) is 0 Å². The summed E-state index contributed by atoms with van der Waals surface area (Å²) in [4.78, 5) is 0. The summed E-state index contributed by atoms with van der Waals surface area (Å²) >= 11 is 13.7. The molecule has 1 rings (SSSR count). The molecule has 1 aromatic carbocycles. The van der Waals surface area contributed by atoms with Crippen LogP contribution in [0, 0.1) is 7.14 Å². The maximum atomic E-state index is 5.85. The topological polar surface area (TPSA) is 0 Å². The molecule has 0 amide bonds. The third-order valence-corrected chi connectivity index (χ3v) is 5.95. The molecular formula is C6H2BrClI2. The summed E-state index contributed by atoms with van der Waals surface area (Å²) in [5.41, 5.74) is 0. The molecule has 0 saturated carbocycles. The van der Waals surface area contributed by atoms with Crippen molar-refractivity contribution in [1.29, 1.82) is 0 Å². The quantitative estimate of drug-likeness (QED) is 0.319. The standard InChI is InChI=1S/C6H2BrClI2/c7-5-4(9)2-1-3(8)6(5)10/h1-2H. The molecule has 0 spiro atoms. The van der Waals surface area contributed by atoms with E-state index in [1.807, 2.05) is 12.1 Å². The Labute approximate surface area is 100 Å². The van der Waals surface area contributed by atoms with Crippen LogP contribution >= 0.6 is 72.7 Å². The SMILES string of the molecule is Clc1ccc(I)c(Br)c1I. The lowest BCUT2D eigenvalue weighted by Crippen LogP contribution is -1.80. The van der Waals surface area contributed by atoms with Gasteiger partial charge in [0.25, 0.3) is 0 Å². The van der Waals surface area contributed by atoms with Crippen molar-refractivity contribution >= 4 is 72.7 Å². The zero-order valence-electron chi connectivity index (χ0n) is 4.67. The molecule has 0 nitrogen and oxygen atoms in total. The second-order valence-corrected chi connectivity index (χ2v) is 5.10. The fourth-order valence-electron chi connectivity index (χ4n) is 0.502. The Hall–Kier alpha value is 1.45. The van der Waals surface area contributed by atoms with Crippen LogP contribution in [0.15, 0.2) is 16.6 Å². The minimum atomic E-state index is 0.799. The van der Waals surface area contributed by atoms with Gasteiger partial charge in [-0.3, -0.25) is 0 Å². The lowest BCUT2D eigenvalue weighted by Gasteiger charge is -2.00. The Morgan fingerprint density at radius 1 is 1.30 bits per heavy atom. The van der Waals surface area contributed by atoms with Crippen molar-refractivity contribution in [2.24, 2.45) is 0 Å². The van der Waals surface area contributed by atoms with Crippen LogP contribution in [0.2, 0.25) is 5.02 Å². The highest BCUT2D eigenvalue weighted by atomic mass is 127. The monoisotopic (exact) mass is 442 g/mol. The first-order valence-electron chi connectivity index (χ1n) is 2.42. The Bertz CT molecular complexity index is 235. The van der Waals surface area contributed by atoms with Gasteiger partial charge in [-0.25, -0.2) is 0 Å². The number of hydrogen-bond donors (Lipinski definition) is 0. The van der Waals surface area contributed by atoms with Gasteiger partial charge in [0.15, 0.2) is 0 Å². The summed E-state index contributed by atoms with van der Waals surface area (Å²) in [6.07, 6.45) is 0. The average molecular weight is 443 g/mol. The van der Waals surface area contributed by atoms with Gasteiger partial charge in [-0.1, -0.05) is 11.6 Å². The molecule has 10 heavy (non-hydrogen) atoms. The second kappa shape index (κ2) is 3.91. The molecular weight excluding hydrogens is 441 g/mol. The van der Waals surface area contributed by atoms with E-state index in [0.717, 1.165) is 13.1 Å². The molecule has 0 bridgehead atoms. The number of hydrogen-bond acceptors (Lipinski definition) is 0. The third kappa shape index (κ3) is 1.98. The van der Waals surface area contributed by atoms with E-state index < -0.39 is 0 Å². The first kappa shape index (κ1) is 9.54. The fourth-order valence-corrected chi connectivity index (χ4v) is 2.56. The molecule has 54 valence electrons. The zero-order chi connectivity index (χ0) is 7.72. The van der Waals surface area contributed by atoms with E-state index in [-0.39, 0.29) is 0 Å². The highest BCUT2D eigenvalue weighted by molar-refractivity contribution is 14.1. The molecule has 0 aliphatic rings. The Morgan fingerprint density at radius 2 is 1.90 bits per heavy atom. The van der Waals surface area contributed by atoms with Gasteiger partial charge in [-0.2, -0.15) is 0 Å². The van der Waals surface area contributed by atoms with Gasteiger partial charge in [-0.05, 0) is 73.2 Å². The van der Waals surface area contributed by atoms with Crippen molar-refractivity contribution in [2.75, 3.05) is 0 Å². The van der Waals surface area contributed by atoms with Crippen LogP contribution in [0.5, 0.6) is 0 Å². The summed E-state index contributed by atoms with van der Waals surface area (Å²) in [6, 6.07) is 3.88. The van der Waals surface area contributed by atoms with Gasteiger partial charge >= 0.3 is 0 Å². The summed E-state index contributed by atoms with van der Waals surface area (Å²) in [5.74, 6) is 0. The largest absolute Gasteiger partial charge is 0.0831 e. The molecule has 0 unspecified atom stereocenters. The van der Waals surface area contributed by atoms with Crippen LogP contribution in [0.25, 0.3) is 0 Å². The first-order valence-corrected chi connectivity index (χ1v) is 5.75. The van der Waals surface area contributed by atoms with Crippen molar-refractivity contribution in [3.63, 3.8) is 0 Å². The van der Waals surface area contributed by atoms with Crippen LogP contribution in [0.1, 0.15) is 0 Å². The fraction of sp³-hybridized carbons (Fsp3) is 0. The summed E-state index contributed by atoms with van der Waals surface area (Å²) in [6.45, 7) is 0. The van der Waals surface area contributed by atoms with E-state index in [4.69, 9.17) is 11.6 Å². The van der Waals surface area contributed by atoms with E-state index in [1.165, 1.54) is 3.57 Å². The molecule has 4 heteroatoms. The maximum absolute atomic E-state index is 5.85. The van der Waals surface area contributed by atoms with Crippen molar-refractivity contribution in [3.05, 3.63) is 28.8 Å². The van der Waals surface area contributed by atoms with E-state index in [2.05, 4.69) is 61.1 Å². The lowest BCUT2D eigenvalue weighted by molar-refractivity contribution is 1.53. The van der Waals surface area contributed by atoms with Crippen LogP contribution in [-0.4, -0.2) is 0 Å². The number of rotatable bonds is 0. The van der Waals surface area contributed by atoms with Crippen LogP contribution in [0.4, 0.5) is 0 Å². The van der Waals surface area contributed by atoms with Crippen LogP contribution in [0.3, 0.4) is 0 Å². The Balaban J connectivity index is 3.34. The van der Waals surface area contributed by atoms with Gasteiger partial charge < -0.3 is 0 Å². The highest BCUT2D eigenvalue weighted by Crippen LogP contribution is 2.30. The minimum absolute atomic E-state index is 0.799. The predicted octanol–water partition coefficient (Wildman–Crippen LogP) is 4.31. The number of benzene rings is 1. The number of halogens is 4. The smallest absolute Gasteiger partial charge is 0.0551 e. The van der Waals surface area contributed by atoms with Gasteiger partial charge in [0.2, 0.25) is 0 Å². The molecule has 0 aliphatic heterocycles. The lowest BCUT2D eigenvalue weighted by atomic mass is 10.4. The molecule has 0 radical (unpaired) electrons. The van der Waals surface area contributed by atoms with Crippen LogP contribution in [-0.2, 0) is 0 Å². The molecule has 0 atom stereocenters. The summed E-state index contributed by atoms with van der Waals surface area (Å²) in [5, 5.41) is 0.799. The summed E-state index contributed by atoms with van der Waals surface area (Å²) < 4.78 is 3.35. The minimum Gasteiger partial charge on any atom is -0.0831 e. The molecule has 0 saturated heterocycles. The summed E-state index contributed by atoms with van der Waals surface area (Å²) in [7, 11) is 0. The second-order valence-electron chi connectivity index (χ2n) is 1.66. The normalized spacial score (nSPS) is 10.0. The van der Waals surface area contributed by atoms with Crippen molar-refractivity contribution in [1.82, 2.24) is 0 Å². The molecule has 1 aromatic rings. The average Bonchev–Trinajstić information content (AvgIpc) is 1.93. The van der Waals surface area contributed by atoms with Crippen molar-refractivity contribution in [3.8, 4) is 0 Å². The molecule has 0 aliphatic carbocycles. The van der Waals surface area contributed by atoms with Gasteiger partial charge in [0.05, 0.1) is 5.02 Å². The first-order chi connectivity index (χ1) is 4.63. The molecule has 0 N–H and O–H groups in total. The van der Waals surface area contributed by atoms with Gasteiger partial charge in [-0.15, -0.1) is 0 Å². The maximum Gasteiger partial charge on any atom is 0.0551 e. The van der Waals surface area contributed by atoms with Gasteiger partial charge in [0.1, 0.15) is 0 Å². The van der Waals surface area contributed by atoms with Crippen LogP contribution < -0.4 is 0 Å². The van der Waals surface area contributed by atoms with E-state index in [0.29, 0.717) is 0 Å². The van der Waals surface area contributed by atoms with E-state index in [1.54, 1.807) is 0 Å². The molecule has 0 aromatic heterocycles. The van der Waals surface area contributed by atoms with Gasteiger partial charge in [0, 0.05) is 11.6 Å². The predicted molar refractivity (Wildman–Crippen MR) is 64.6 cm³/mol. The van der Waals surface area contributed by atoms with E-state index in [9.17, 15) is 0 Å². The zero-order valence-corrected chi connectivity index (χ0v) is 11.3. The highest BCUT2D eigenvalue weighted by Gasteiger charge is 2.03. The molecule has 0 heterocycles. The molecule has 0 fully saturated rings. The Kier molecular flexibility index (Phi) is 3.73. The van der Waals surface area contributed by atoms with Crippen molar-refractivity contribution < 1.29 is 0 Å². The third-order valence-electron chi connectivity index (χ3n) is 0.988. The Morgan fingerprint density at radius 3 is 2.40 bits per heavy atom. The van der Waals surface area contributed by atoms with E-state index >= 15 is 0 Å².